The summed E-state index contributed by atoms with van der Waals surface area (Å²) in [5, 5.41) is 3.00. The zero-order valence-electron chi connectivity index (χ0n) is 17.8. The van der Waals surface area contributed by atoms with Gasteiger partial charge in [0.05, 0.1) is 6.61 Å². The van der Waals surface area contributed by atoms with Gasteiger partial charge >= 0.3 is 0 Å². The highest BCUT2D eigenvalue weighted by atomic mass is 16.5. The van der Waals surface area contributed by atoms with E-state index < -0.39 is 5.60 Å². The molecule has 5 heteroatoms. The van der Waals surface area contributed by atoms with Crippen molar-refractivity contribution in [2.75, 3.05) is 39.2 Å². The van der Waals surface area contributed by atoms with Crippen molar-refractivity contribution in [3.8, 4) is 5.75 Å². The summed E-state index contributed by atoms with van der Waals surface area (Å²) in [5.41, 5.74) is -0.0190. The van der Waals surface area contributed by atoms with Gasteiger partial charge in [0.25, 0.3) is 5.91 Å². The average molecular weight is 379 g/mol. The second kappa shape index (κ2) is 12.7. The molecule has 0 unspecified atom stereocenters. The van der Waals surface area contributed by atoms with Crippen molar-refractivity contribution in [2.45, 2.75) is 64.9 Å². The van der Waals surface area contributed by atoms with Gasteiger partial charge < -0.3 is 19.7 Å². The topological polar surface area (TPSA) is 50.8 Å². The molecule has 0 radical (unpaired) electrons. The predicted molar refractivity (Wildman–Crippen MR) is 113 cm³/mol. The van der Waals surface area contributed by atoms with Crippen molar-refractivity contribution in [1.82, 2.24) is 4.90 Å². The molecule has 0 spiro atoms. The number of hydrogen-bond acceptors (Lipinski definition) is 4. The van der Waals surface area contributed by atoms with E-state index in [1.807, 2.05) is 31.2 Å². The number of carbonyl (C=O) groups is 1. The molecule has 5 nitrogen and oxygen atoms in total. The minimum absolute atomic E-state index is 0.0771. The summed E-state index contributed by atoms with van der Waals surface area (Å²) in [7, 11) is 4.11. The maximum absolute atomic E-state index is 12.8. The summed E-state index contributed by atoms with van der Waals surface area (Å²) < 4.78 is 11.7. The maximum Gasteiger partial charge on any atom is 0.256 e. The second-order valence-corrected chi connectivity index (χ2v) is 7.52. The Morgan fingerprint density at radius 1 is 1.04 bits per heavy atom. The lowest BCUT2D eigenvalue weighted by atomic mass is 9.96. The number of unbranched alkanes of at least 4 members (excludes halogenated alkanes) is 2. The first-order chi connectivity index (χ1) is 12.9. The quantitative estimate of drug-likeness (QED) is 0.476. The molecule has 1 N–H and O–H groups in total. The molecule has 0 bridgehead atoms. The first kappa shape index (κ1) is 23.4. The molecule has 1 aromatic carbocycles. The van der Waals surface area contributed by atoms with Gasteiger partial charge in [-0.25, -0.2) is 0 Å². The lowest BCUT2D eigenvalue weighted by Gasteiger charge is -2.28. The molecule has 0 aliphatic rings. The van der Waals surface area contributed by atoms with Gasteiger partial charge in [-0.15, -0.1) is 0 Å². The van der Waals surface area contributed by atoms with E-state index >= 15 is 0 Å². The number of carbonyl (C=O) groups excluding carboxylic acids is 1. The Morgan fingerprint density at radius 3 is 2.33 bits per heavy atom. The zero-order valence-corrected chi connectivity index (χ0v) is 17.8. The van der Waals surface area contributed by atoms with Crippen LogP contribution in [-0.4, -0.2) is 50.3 Å². The lowest BCUT2D eigenvalue weighted by Crippen LogP contribution is -2.43. The second-order valence-electron chi connectivity index (χ2n) is 7.52. The van der Waals surface area contributed by atoms with Gasteiger partial charge in [0.2, 0.25) is 0 Å². The standard InChI is InChI=1S/C22H38N2O3/c1-6-8-9-15-22(3,27-17-7-2)21(25)23-19-11-13-20(14-12-19)26-18-10-16-24(4)5/h11-14H,6-10,15-18H2,1-5H3,(H,23,25)/t22-/m0/s1. The fraction of sp³-hybridized carbons (Fsp3) is 0.682. The van der Waals surface area contributed by atoms with Crippen molar-refractivity contribution in [3.05, 3.63) is 24.3 Å². The fourth-order valence-electron chi connectivity index (χ4n) is 2.76. The van der Waals surface area contributed by atoms with Gasteiger partial charge in [-0.3, -0.25) is 4.79 Å². The summed E-state index contributed by atoms with van der Waals surface area (Å²) in [6.07, 6.45) is 5.84. The van der Waals surface area contributed by atoms with Gasteiger partial charge in [0.1, 0.15) is 11.4 Å². The van der Waals surface area contributed by atoms with Gasteiger partial charge in [-0.05, 0) is 64.5 Å². The van der Waals surface area contributed by atoms with E-state index in [0.29, 0.717) is 13.2 Å². The van der Waals surface area contributed by atoms with Crippen LogP contribution < -0.4 is 10.1 Å². The van der Waals surface area contributed by atoms with Crippen molar-refractivity contribution in [3.63, 3.8) is 0 Å². The normalized spacial score (nSPS) is 13.4. The van der Waals surface area contributed by atoms with Crippen molar-refractivity contribution < 1.29 is 14.3 Å². The van der Waals surface area contributed by atoms with E-state index in [0.717, 1.165) is 56.5 Å². The minimum Gasteiger partial charge on any atom is -0.494 e. The van der Waals surface area contributed by atoms with E-state index in [1.165, 1.54) is 0 Å². The van der Waals surface area contributed by atoms with Gasteiger partial charge in [0, 0.05) is 18.8 Å². The molecule has 1 aromatic rings. The highest BCUT2D eigenvalue weighted by Crippen LogP contribution is 2.23. The third kappa shape index (κ3) is 9.25. The number of anilines is 1. The number of nitrogens with zero attached hydrogens (tertiary/aromatic N) is 1. The number of benzene rings is 1. The lowest BCUT2D eigenvalue weighted by molar-refractivity contribution is -0.140. The number of nitrogens with one attached hydrogen (secondary N) is 1. The monoisotopic (exact) mass is 378 g/mol. The largest absolute Gasteiger partial charge is 0.494 e. The molecular formula is C22H38N2O3. The average Bonchev–Trinajstić information content (AvgIpc) is 2.65. The van der Waals surface area contributed by atoms with E-state index in [4.69, 9.17) is 9.47 Å². The summed E-state index contributed by atoms with van der Waals surface area (Å²) in [5.74, 6) is 0.742. The zero-order chi connectivity index (χ0) is 20.1. The van der Waals surface area contributed by atoms with Crippen molar-refractivity contribution in [2.24, 2.45) is 0 Å². The summed E-state index contributed by atoms with van der Waals surface area (Å²) in [6.45, 7) is 8.40. The van der Waals surface area contributed by atoms with Crippen molar-refractivity contribution in [1.29, 1.82) is 0 Å². The Labute approximate surface area is 165 Å². The molecule has 1 amide bonds. The summed E-state index contributed by atoms with van der Waals surface area (Å²) in [4.78, 5) is 15.0. The molecule has 1 rings (SSSR count). The molecule has 0 aliphatic carbocycles. The van der Waals surface area contributed by atoms with E-state index in [-0.39, 0.29) is 5.91 Å². The first-order valence-corrected chi connectivity index (χ1v) is 10.2. The Bertz CT molecular complexity index is 531. The molecule has 0 fully saturated rings. The Balaban J connectivity index is 2.58. The first-order valence-electron chi connectivity index (χ1n) is 10.2. The van der Waals surface area contributed by atoms with E-state index in [1.54, 1.807) is 0 Å². The molecular weight excluding hydrogens is 340 g/mol. The summed E-state index contributed by atoms with van der Waals surface area (Å²) in [6, 6.07) is 7.55. The highest BCUT2D eigenvalue weighted by Gasteiger charge is 2.33. The molecule has 1 atom stereocenters. The summed E-state index contributed by atoms with van der Waals surface area (Å²) >= 11 is 0. The van der Waals surface area contributed by atoms with Gasteiger partial charge in [0.15, 0.2) is 0 Å². The Hall–Kier alpha value is -1.59. The number of hydrogen-bond donors (Lipinski definition) is 1. The van der Waals surface area contributed by atoms with E-state index in [9.17, 15) is 4.79 Å². The van der Waals surface area contributed by atoms with Crippen LogP contribution in [-0.2, 0) is 9.53 Å². The van der Waals surface area contributed by atoms with Crippen LogP contribution in [0.2, 0.25) is 0 Å². The number of rotatable bonds is 14. The molecule has 0 saturated heterocycles. The van der Waals surface area contributed by atoms with Crippen LogP contribution in [0, 0.1) is 0 Å². The van der Waals surface area contributed by atoms with Crippen LogP contribution in [0.25, 0.3) is 0 Å². The minimum atomic E-state index is -0.785. The number of ether oxygens (including phenoxy) is 2. The van der Waals surface area contributed by atoms with Crippen molar-refractivity contribution >= 4 is 11.6 Å². The van der Waals surface area contributed by atoms with Crippen LogP contribution in [0.5, 0.6) is 5.75 Å². The predicted octanol–water partition coefficient (Wildman–Crippen LogP) is 4.72. The third-order valence-corrected chi connectivity index (χ3v) is 4.49. The molecule has 154 valence electrons. The van der Waals surface area contributed by atoms with Gasteiger partial charge in [-0.1, -0.05) is 33.1 Å². The molecule has 0 aliphatic heterocycles. The Morgan fingerprint density at radius 2 is 1.74 bits per heavy atom. The fourth-order valence-corrected chi connectivity index (χ4v) is 2.76. The van der Waals surface area contributed by atoms with Crippen LogP contribution in [0.4, 0.5) is 5.69 Å². The molecule has 0 saturated carbocycles. The Kier molecular flexibility index (Phi) is 11.1. The smallest absolute Gasteiger partial charge is 0.256 e. The van der Waals surface area contributed by atoms with Crippen LogP contribution in [0.15, 0.2) is 24.3 Å². The van der Waals surface area contributed by atoms with Crippen LogP contribution >= 0.6 is 0 Å². The molecule has 0 aromatic heterocycles. The number of amides is 1. The maximum atomic E-state index is 12.8. The third-order valence-electron chi connectivity index (χ3n) is 4.49. The SMILES string of the molecule is CCCCC[C@](C)(OCCC)C(=O)Nc1ccc(OCCCN(C)C)cc1. The van der Waals surface area contributed by atoms with Crippen LogP contribution in [0.1, 0.15) is 59.3 Å². The highest BCUT2D eigenvalue weighted by molar-refractivity contribution is 5.97. The molecule has 0 heterocycles. The van der Waals surface area contributed by atoms with Gasteiger partial charge in [-0.2, -0.15) is 0 Å². The molecule has 27 heavy (non-hydrogen) atoms. The van der Waals surface area contributed by atoms with Crippen LogP contribution in [0.3, 0.4) is 0 Å². The van der Waals surface area contributed by atoms with E-state index in [2.05, 4.69) is 38.2 Å².